The fraction of sp³-hybridized carbons (Fsp3) is 0.333. The van der Waals surface area contributed by atoms with Gasteiger partial charge in [-0.05, 0) is 84.0 Å². The summed E-state index contributed by atoms with van der Waals surface area (Å²) >= 11 is 0. The maximum absolute atomic E-state index is 3.98. The first-order chi connectivity index (χ1) is 12.8. The van der Waals surface area contributed by atoms with E-state index in [2.05, 4.69) is 90.8 Å². The fourth-order valence-electron chi connectivity index (χ4n) is 4.19. The summed E-state index contributed by atoms with van der Waals surface area (Å²) in [6.07, 6.45) is 18.3. The van der Waals surface area contributed by atoms with Crippen molar-refractivity contribution in [1.29, 1.82) is 0 Å². The molecule has 140 valence electrons. The summed E-state index contributed by atoms with van der Waals surface area (Å²) in [7, 11) is 0. The van der Waals surface area contributed by atoms with Gasteiger partial charge in [-0.2, -0.15) is 0 Å². The van der Waals surface area contributed by atoms with E-state index in [4.69, 9.17) is 0 Å². The van der Waals surface area contributed by atoms with E-state index in [-0.39, 0.29) is 10.8 Å². The second-order valence-corrected chi connectivity index (χ2v) is 8.92. The Morgan fingerprint density at radius 2 is 1.63 bits per heavy atom. The number of rotatable bonds is 7. The summed E-state index contributed by atoms with van der Waals surface area (Å²) in [5.41, 5.74) is 5.65. The van der Waals surface area contributed by atoms with Crippen LogP contribution < -0.4 is 0 Å². The number of fused-ring (bicyclic) bond motifs is 1. The molecule has 1 fully saturated rings. The number of allylic oxidation sites excluding steroid dienone is 4. The van der Waals surface area contributed by atoms with Gasteiger partial charge in [-0.3, -0.25) is 0 Å². The van der Waals surface area contributed by atoms with Crippen LogP contribution >= 0.6 is 0 Å². The average molecular weight is 357 g/mol. The molecule has 1 unspecified atom stereocenters. The first-order valence-electron chi connectivity index (χ1n) is 9.98. The van der Waals surface area contributed by atoms with Crippen LogP contribution in [0.4, 0.5) is 0 Å². The molecule has 2 aliphatic carbocycles. The molecule has 0 aromatic heterocycles. The molecule has 0 nitrogen and oxygen atoms in total. The summed E-state index contributed by atoms with van der Waals surface area (Å²) < 4.78 is 0. The molecular weight excluding hydrogens is 324 g/mol. The molecule has 0 bridgehead atoms. The molecule has 0 aliphatic heterocycles. The highest BCUT2D eigenvalue weighted by molar-refractivity contribution is 5.82. The molecular formula is C27H32. The van der Waals surface area contributed by atoms with Crippen molar-refractivity contribution in [3.63, 3.8) is 0 Å². The van der Waals surface area contributed by atoms with E-state index >= 15 is 0 Å². The summed E-state index contributed by atoms with van der Waals surface area (Å²) in [6.45, 7) is 17.2. The fourth-order valence-corrected chi connectivity index (χ4v) is 4.19. The number of hydrogen-bond acceptors (Lipinski definition) is 0. The van der Waals surface area contributed by atoms with Crippen LogP contribution in [-0.2, 0) is 5.41 Å². The third-order valence-electron chi connectivity index (χ3n) is 5.95. The van der Waals surface area contributed by atoms with Gasteiger partial charge in [0, 0.05) is 5.92 Å². The molecule has 0 spiro atoms. The van der Waals surface area contributed by atoms with Crippen molar-refractivity contribution < 1.29 is 0 Å². The highest BCUT2D eigenvalue weighted by Crippen LogP contribution is 2.56. The lowest BCUT2D eigenvalue weighted by Gasteiger charge is -2.40. The zero-order valence-corrected chi connectivity index (χ0v) is 17.3. The van der Waals surface area contributed by atoms with Crippen molar-refractivity contribution >= 4 is 5.57 Å². The Morgan fingerprint density at radius 3 is 2.22 bits per heavy atom. The van der Waals surface area contributed by atoms with Crippen molar-refractivity contribution in [1.82, 2.24) is 0 Å². The Kier molecular flexibility index (Phi) is 5.84. The Labute approximate surface area is 167 Å². The molecule has 27 heavy (non-hydrogen) atoms. The van der Waals surface area contributed by atoms with Crippen LogP contribution in [0.3, 0.4) is 0 Å². The Morgan fingerprint density at radius 1 is 0.926 bits per heavy atom. The van der Waals surface area contributed by atoms with E-state index < -0.39 is 0 Å². The predicted octanol–water partition coefficient (Wildman–Crippen LogP) is 7.26. The van der Waals surface area contributed by atoms with Crippen LogP contribution in [0.25, 0.3) is 5.57 Å². The normalized spacial score (nSPS) is 20.2. The van der Waals surface area contributed by atoms with Gasteiger partial charge >= 0.3 is 0 Å². The molecule has 2 aliphatic rings. The zero-order valence-electron chi connectivity index (χ0n) is 17.3. The number of benzene rings is 1. The molecule has 1 aromatic carbocycles. The van der Waals surface area contributed by atoms with Crippen LogP contribution in [0.1, 0.15) is 63.6 Å². The third kappa shape index (κ3) is 3.86. The molecule has 0 N–H and O–H groups in total. The lowest BCUT2D eigenvalue weighted by Crippen LogP contribution is -2.31. The van der Waals surface area contributed by atoms with E-state index in [9.17, 15) is 0 Å². The van der Waals surface area contributed by atoms with Crippen molar-refractivity contribution in [2.75, 3.05) is 0 Å². The smallest absolute Gasteiger partial charge is 0.0341 e. The van der Waals surface area contributed by atoms with Crippen molar-refractivity contribution in [3.05, 3.63) is 104 Å². The SMILES string of the molecule is C=CCCC(C)([C]1[CH][CH][CH][CH]1)[C]1C=C(CC=C)c2ccc(C(C)(C)C)cc21. The van der Waals surface area contributed by atoms with E-state index in [0.717, 1.165) is 19.3 Å². The van der Waals surface area contributed by atoms with Gasteiger partial charge in [-0.15, -0.1) is 13.2 Å². The monoisotopic (exact) mass is 356 g/mol. The summed E-state index contributed by atoms with van der Waals surface area (Å²) in [4.78, 5) is 0. The second-order valence-electron chi connectivity index (χ2n) is 8.92. The van der Waals surface area contributed by atoms with Crippen LogP contribution in [0.2, 0.25) is 0 Å². The standard InChI is InChI=1S/C27H32/c1-7-9-17-27(6,21-13-10-11-14-21)25-18-20(12-8-2)23-16-15-22(19-24(23)25)26(3,4)5/h7-8,10-11,13-16,18-19H,1-2,9,12,17H2,3-6H3. The lowest BCUT2D eigenvalue weighted by molar-refractivity contribution is 0.382. The van der Waals surface area contributed by atoms with Crippen molar-refractivity contribution in [2.45, 2.75) is 52.4 Å². The van der Waals surface area contributed by atoms with Crippen LogP contribution in [-0.4, -0.2) is 0 Å². The topological polar surface area (TPSA) is 0 Å². The maximum atomic E-state index is 3.98. The quantitative estimate of drug-likeness (QED) is 0.451. The first kappa shape index (κ1) is 20.2. The minimum absolute atomic E-state index is 0.0220. The Bertz CT molecular complexity index is 721. The van der Waals surface area contributed by atoms with Gasteiger partial charge in [-0.25, -0.2) is 0 Å². The highest BCUT2D eigenvalue weighted by atomic mass is 14.5. The minimum Gasteiger partial charge on any atom is -0.103 e. The number of hydrogen-bond donors (Lipinski definition) is 0. The maximum Gasteiger partial charge on any atom is 0.0341 e. The van der Waals surface area contributed by atoms with E-state index in [1.807, 2.05) is 12.2 Å². The zero-order chi connectivity index (χ0) is 19.7. The predicted molar refractivity (Wildman–Crippen MR) is 118 cm³/mol. The molecule has 1 saturated carbocycles. The molecule has 3 rings (SSSR count). The Balaban J connectivity index is 2.09. The van der Waals surface area contributed by atoms with E-state index in [1.54, 1.807) is 0 Å². The molecule has 1 aromatic rings. The largest absolute Gasteiger partial charge is 0.103 e. The van der Waals surface area contributed by atoms with Gasteiger partial charge in [0.25, 0.3) is 0 Å². The third-order valence-corrected chi connectivity index (χ3v) is 5.95. The second kappa shape index (κ2) is 7.82. The average Bonchev–Trinajstić information content (AvgIpc) is 3.28. The van der Waals surface area contributed by atoms with E-state index in [1.165, 1.54) is 34.1 Å². The molecule has 0 saturated heterocycles. The van der Waals surface area contributed by atoms with Gasteiger partial charge in [0.15, 0.2) is 0 Å². The van der Waals surface area contributed by atoms with Gasteiger partial charge in [0.2, 0.25) is 0 Å². The molecule has 1 atom stereocenters. The van der Waals surface area contributed by atoms with E-state index in [0.29, 0.717) is 0 Å². The van der Waals surface area contributed by atoms with Gasteiger partial charge in [0.05, 0.1) is 0 Å². The highest BCUT2D eigenvalue weighted by Gasteiger charge is 2.45. The summed E-state index contributed by atoms with van der Waals surface area (Å²) in [5, 5.41) is 0. The molecule has 0 heteroatoms. The summed E-state index contributed by atoms with van der Waals surface area (Å²) in [6, 6.07) is 7.03. The van der Waals surface area contributed by atoms with Gasteiger partial charge in [0.1, 0.15) is 0 Å². The van der Waals surface area contributed by atoms with Crippen molar-refractivity contribution in [2.24, 2.45) is 5.41 Å². The van der Waals surface area contributed by atoms with Crippen LogP contribution in [0, 0.1) is 42.9 Å². The van der Waals surface area contributed by atoms with Crippen molar-refractivity contribution in [3.8, 4) is 0 Å². The van der Waals surface area contributed by atoms with Crippen LogP contribution in [0.15, 0.2) is 49.6 Å². The molecule has 6 radical (unpaired) electrons. The minimum atomic E-state index is -0.0220. The Hall–Kier alpha value is -1.56. The first-order valence-corrected chi connectivity index (χ1v) is 9.98. The molecule has 0 heterocycles. The lowest BCUT2D eigenvalue weighted by atomic mass is 9.63. The molecule has 0 amide bonds. The summed E-state index contributed by atoms with van der Waals surface area (Å²) in [5.74, 6) is 2.83. The van der Waals surface area contributed by atoms with Crippen LogP contribution in [0.5, 0.6) is 0 Å². The van der Waals surface area contributed by atoms with Gasteiger partial charge in [-0.1, -0.05) is 64.1 Å². The van der Waals surface area contributed by atoms with Gasteiger partial charge < -0.3 is 0 Å².